The minimum absolute atomic E-state index is 0.0477. The Balaban J connectivity index is 0.000000128. The summed E-state index contributed by atoms with van der Waals surface area (Å²) in [6, 6.07) is 40.8. The predicted molar refractivity (Wildman–Crippen MR) is 337 cm³/mol. The van der Waals surface area contributed by atoms with E-state index in [4.69, 9.17) is 23.7 Å². The van der Waals surface area contributed by atoms with E-state index >= 15 is 0 Å². The van der Waals surface area contributed by atoms with Crippen molar-refractivity contribution < 1.29 is 53.1 Å². The van der Waals surface area contributed by atoms with Crippen LogP contribution >= 0.6 is 0 Å². The third kappa shape index (κ3) is 15.2. The van der Waals surface area contributed by atoms with Gasteiger partial charge in [-0.05, 0) is 135 Å². The number of ketones is 4. The molecular formula is C76H98O11. The molecule has 1 aliphatic heterocycles. The van der Waals surface area contributed by atoms with Crippen LogP contribution in [0.1, 0.15) is 110 Å². The summed E-state index contributed by atoms with van der Waals surface area (Å²) in [7, 11) is 0. The molecule has 23 atom stereocenters. The van der Waals surface area contributed by atoms with Gasteiger partial charge in [0.25, 0.3) is 0 Å². The molecule has 1 heterocycles. The number of carbonyl (C=O) groups is 4. The third-order valence-corrected chi connectivity index (χ3v) is 22.2. The Kier molecular flexibility index (Phi) is 22.0. The van der Waals surface area contributed by atoms with Gasteiger partial charge in [0.1, 0.15) is 17.3 Å². The van der Waals surface area contributed by atoms with E-state index in [0.717, 1.165) is 37.2 Å². The topological polar surface area (TPSA) is 158 Å². The van der Waals surface area contributed by atoms with Crippen molar-refractivity contribution in [2.24, 2.45) is 112 Å². The van der Waals surface area contributed by atoms with Crippen molar-refractivity contribution in [3.05, 3.63) is 167 Å². The van der Waals surface area contributed by atoms with E-state index in [1.54, 1.807) is 6.08 Å². The number of fused-ring (bicyclic) bond motifs is 6. The number of hydrogen-bond donors (Lipinski definition) is 2. The smallest absolute Gasteiger partial charge is 0.159 e. The lowest BCUT2D eigenvalue weighted by atomic mass is 9.65. The number of ether oxygens (including phenoxy) is 5. The van der Waals surface area contributed by atoms with Gasteiger partial charge < -0.3 is 33.9 Å². The maximum absolute atomic E-state index is 12.3. The van der Waals surface area contributed by atoms with Crippen molar-refractivity contribution in [3.8, 4) is 0 Å². The van der Waals surface area contributed by atoms with Crippen LogP contribution in [-0.2, 0) is 69.3 Å². The number of carbonyl (C=O) groups excluding carboxylic acids is 4. The SMILES string of the molecule is C[C@@H]1C=C[C@H]2C(=O)C[C@H](C)[C@H]2[C@H]1COCc1ccccc1.C[C@H]1[C@H](COCc2ccccc2)[C@@H]2[C@@H](C)CC(=O)[C@@H]2C[C@H]1O.C[C@H]1[C@H](COCc2ccccc2)[C@H]2C(=C[C@H]1O)C(=O)C[C@@H]2C.C[C@H]1[C@H](COCc2ccccc2)[C@H]2[C@H](C(=O)C[C@@H]2C)[C@H]2O[C@@H]12. The lowest BCUT2D eigenvalue weighted by molar-refractivity contribution is -0.127. The van der Waals surface area contributed by atoms with Crippen molar-refractivity contribution in [2.45, 2.75) is 138 Å². The van der Waals surface area contributed by atoms with E-state index in [1.165, 1.54) is 16.7 Å². The second-order valence-corrected chi connectivity index (χ2v) is 27.9. The molecule has 0 radical (unpaired) electrons. The molecule has 4 aromatic rings. The molecule has 0 spiro atoms. The zero-order valence-electron chi connectivity index (χ0n) is 52.8. The van der Waals surface area contributed by atoms with Gasteiger partial charge in [-0.25, -0.2) is 0 Å². The van der Waals surface area contributed by atoms with E-state index < -0.39 is 6.10 Å². The summed E-state index contributed by atoms with van der Waals surface area (Å²) in [5, 5.41) is 20.5. The number of allylic oxidation sites excluding steroid dienone is 3. The first-order chi connectivity index (χ1) is 42.0. The number of rotatable bonds is 16. The quantitative estimate of drug-likeness (QED) is 0.0812. The Labute approximate surface area is 518 Å². The Morgan fingerprint density at radius 3 is 1.41 bits per heavy atom. The van der Waals surface area contributed by atoms with Crippen LogP contribution in [0.2, 0.25) is 0 Å². The van der Waals surface area contributed by atoms with Gasteiger partial charge in [0, 0.05) is 43.4 Å². The fourth-order valence-corrected chi connectivity index (χ4v) is 17.3. The van der Waals surface area contributed by atoms with Gasteiger partial charge in [-0.1, -0.05) is 189 Å². The highest BCUT2D eigenvalue weighted by Gasteiger charge is 2.64. The molecule has 2 N–H and O–H groups in total. The summed E-state index contributed by atoms with van der Waals surface area (Å²) in [5.74, 6) is 7.67. The van der Waals surface area contributed by atoms with Gasteiger partial charge in [-0.3, -0.25) is 19.2 Å². The number of benzene rings is 4. The van der Waals surface area contributed by atoms with E-state index in [9.17, 15) is 29.4 Å². The molecule has 7 fully saturated rings. The highest BCUT2D eigenvalue weighted by Crippen LogP contribution is 2.57. The molecule has 0 bridgehead atoms. The van der Waals surface area contributed by atoms with Gasteiger partial charge in [0.2, 0.25) is 0 Å². The van der Waals surface area contributed by atoms with E-state index in [2.05, 4.69) is 104 Å². The zero-order valence-corrected chi connectivity index (χ0v) is 52.8. The minimum atomic E-state index is -0.536. The molecule has 11 heteroatoms. The van der Waals surface area contributed by atoms with Crippen LogP contribution in [0.25, 0.3) is 0 Å². The van der Waals surface area contributed by atoms with E-state index in [1.807, 2.05) is 84.9 Å². The van der Waals surface area contributed by atoms with Crippen LogP contribution in [0.15, 0.2) is 145 Å². The second-order valence-electron chi connectivity index (χ2n) is 27.9. The molecule has 11 nitrogen and oxygen atoms in total. The first kappa shape index (κ1) is 64.7. The second kappa shape index (κ2) is 29.6. The van der Waals surface area contributed by atoms with Crippen molar-refractivity contribution >= 4 is 23.1 Å². The summed E-state index contributed by atoms with van der Waals surface area (Å²) in [6.45, 7) is 22.6. The third-order valence-electron chi connectivity index (χ3n) is 22.2. The number of Topliss-reactive ketones (excluding diaryl/α,β-unsaturated/α-hetero) is 4. The average molecular weight is 1190 g/mol. The fourth-order valence-electron chi connectivity index (χ4n) is 17.3. The zero-order chi connectivity index (χ0) is 61.5. The predicted octanol–water partition coefficient (Wildman–Crippen LogP) is 13.0. The molecule has 6 saturated carbocycles. The summed E-state index contributed by atoms with van der Waals surface area (Å²) < 4.78 is 29.7. The molecule has 13 rings (SSSR count). The number of aliphatic hydroxyl groups excluding tert-OH is 2. The van der Waals surface area contributed by atoms with Crippen molar-refractivity contribution in [2.75, 3.05) is 26.4 Å². The maximum atomic E-state index is 12.3. The molecule has 0 unspecified atom stereocenters. The first-order valence-corrected chi connectivity index (χ1v) is 33.0. The van der Waals surface area contributed by atoms with Crippen LogP contribution in [0.3, 0.4) is 0 Å². The van der Waals surface area contributed by atoms with Crippen molar-refractivity contribution in [3.63, 3.8) is 0 Å². The minimum Gasteiger partial charge on any atom is -0.393 e. The summed E-state index contributed by atoms with van der Waals surface area (Å²) in [5.41, 5.74) is 5.57. The number of aliphatic hydroxyl groups is 2. The maximum Gasteiger partial charge on any atom is 0.159 e. The molecule has 0 aromatic heterocycles. The van der Waals surface area contributed by atoms with Crippen LogP contribution in [-0.4, -0.2) is 84.2 Å². The fraction of sp³-hybridized carbons (Fsp3) is 0.579. The molecule has 0 amide bonds. The normalized spacial score (nSPS) is 37.6. The van der Waals surface area contributed by atoms with Gasteiger partial charge in [-0.2, -0.15) is 0 Å². The van der Waals surface area contributed by atoms with Crippen molar-refractivity contribution in [1.29, 1.82) is 0 Å². The molecule has 9 aliphatic rings. The lowest BCUT2D eigenvalue weighted by Gasteiger charge is -2.42. The molecule has 4 aromatic carbocycles. The summed E-state index contributed by atoms with van der Waals surface area (Å²) >= 11 is 0. The Morgan fingerprint density at radius 2 is 0.885 bits per heavy atom. The average Bonchev–Trinajstić information content (AvgIpc) is 1.61. The highest BCUT2D eigenvalue weighted by molar-refractivity contribution is 5.98. The Bertz CT molecular complexity index is 2900. The Morgan fingerprint density at radius 1 is 0.437 bits per heavy atom. The standard InChI is InChI=1S/C19H24O3.C19H26O3.C19H24O3.C19H24O2/c1-11-8-15(20)17-16(11)14(12(2)18-19(17)22-18)10-21-9-13-6-4-3-5-7-13;2*1-12-8-18(21)15-9-17(20)13(2)16(19(12)15)11-22-10-14-6-4-3-5-7-14;1-13-8-9-16-18(20)10-14(2)19(16)17(13)12-21-11-15-6-4-3-5-7-15/h3-7,11-12,14,16-19H,8-10H2,1-2H3;3-7,12-13,15-17,19-20H,8-11H2,1-2H3;3-7,9,12-13,16-17,19-20H,8,10-11H2,1-2H3;3-9,13-14,16-17,19H,10-12H2,1-2H3/t11-,12-,14-,16-,17-,18-,19+;12-,13-,15-,16-,17+,19+;12-,13-,16-,17+,19+;13-,14+,16+,17+,19-/m0001/s1. The first-order valence-electron chi connectivity index (χ1n) is 33.0. The van der Waals surface area contributed by atoms with Crippen molar-refractivity contribution in [1.82, 2.24) is 0 Å². The number of hydrogen-bond acceptors (Lipinski definition) is 11. The van der Waals surface area contributed by atoms with E-state index in [0.29, 0.717) is 147 Å². The Hall–Kier alpha value is -5.24. The lowest BCUT2D eigenvalue weighted by Crippen LogP contribution is -2.44. The largest absolute Gasteiger partial charge is 0.393 e. The van der Waals surface area contributed by atoms with Crippen LogP contribution in [0, 0.1) is 112 Å². The molecule has 468 valence electrons. The van der Waals surface area contributed by atoms with Crippen LogP contribution < -0.4 is 0 Å². The van der Waals surface area contributed by atoms with Gasteiger partial charge in [-0.15, -0.1) is 0 Å². The van der Waals surface area contributed by atoms with Gasteiger partial charge in [0.05, 0.1) is 77.3 Å². The number of epoxide rings is 1. The summed E-state index contributed by atoms with van der Waals surface area (Å²) in [6.07, 6.45) is 9.12. The highest BCUT2D eigenvalue weighted by atomic mass is 16.6. The van der Waals surface area contributed by atoms with Gasteiger partial charge in [0.15, 0.2) is 5.78 Å². The monoisotopic (exact) mass is 1190 g/mol. The van der Waals surface area contributed by atoms with Crippen LogP contribution in [0.4, 0.5) is 0 Å². The van der Waals surface area contributed by atoms with Gasteiger partial charge >= 0.3 is 0 Å². The molecule has 8 aliphatic carbocycles. The molecular weight excluding hydrogens is 1090 g/mol. The summed E-state index contributed by atoms with van der Waals surface area (Å²) in [4.78, 5) is 48.6. The van der Waals surface area contributed by atoms with Crippen LogP contribution in [0.5, 0.6) is 0 Å². The van der Waals surface area contributed by atoms with E-state index in [-0.39, 0.29) is 65.3 Å². The molecule has 1 saturated heterocycles. The molecule has 87 heavy (non-hydrogen) atoms.